The van der Waals surface area contributed by atoms with Crippen molar-refractivity contribution < 1.29 is 4.79 Å². The van der Waals surface area contributed by atoms with Crippen molar-refractivity contribution in [3.63, 3.8) is 0 Å². The Balaban J connectivity index is 1.71. The second kappa shape index (κ2) is 6.84. The van der Waals surface area contributed by atoms with Crippen LogP contribution in [0.25, 0.3) is 22.3 Å². The van der Waals surface area contributed by atoms with Crippen molar-refractivity contribution in [1.29, 1.82) is 0 Å². The van der Waals surface area contributed by atoms with Gasteiger partial charge in [0.2, 0.25) is 5.95 Å². The number of carbonyl (C=O) groups excluding carboxylic acids is 1. The summed E-state index contributed by atoms with van der Waals surface area (Å²) in [5.41, 5.74) is 7.25. The second-order valence-electron chi connectivity index (χ2n) is 7.50. The molecule has 0 aliphatic carbocycles. The van der Waals surface area contributed by atoms with Gasteiger partial charge in [0, 0.05) is 25.4 Å². The fourth-order valence-electron chi connectivity index (χ4n) is 3.61. The third-order valence-electron chi connectivity index (χ3n) is 5.36. The van der Waals surface area contributed by atoms with E-state index in [0.29, 0.717) is 17.2 Å². The lowest BCUT2D eigenvalue weighted by molar-refractivity contribution is 0.102. The molecule has 1 aromatic carbocycles. The average molecular weight is 388 g/mol. The fraction of sp³-hybridized carbons (Fsp3) is 0.273. The van der Waals surface area contributed by atoms with Gasteiger partial charge in [0.05, 0.1) is 28.5 Å². The molecular weight excluding hydrogens is 364 g/mol. The molecule has 0 saturated heterocycles. The normalized spacial score (nSPS) is 11.2. The van der Waals surface area contributed by atoms with Crippen LogP contribution in [0.3, 0.4) is 0 Å². The summed E-state index contributed by atoms with van der Waals surface area (Å²) in [6.07, 6.45) is 1.78. The van der Waals surface area contributed by atoms with Gasteiger partial charge in [0.25, 0.3) is 5.91 Å². The highest BCUT2D eigenvalue weighted by Gasteiger charge is 2.19. The lowest BCUT2D eigenvalue weighted by Crippen LogP contribution is -2.16. The van der Waals surface area contributed by atoms with Gasteiger partial charge >= 0.3 is 0 Å². The minimum Gasteiger partial charge on any atom is -0.313 e. The van der Waals surface area contributed by atoms with E-state index >= 15 is 0 Å². The molecular formula is C22H24N6O. The van der Waals surface area contributed by atoms with Crippen LogP contribution >= 0.6 is 0 Å². The molecule has 29 heavy (non-hydrogen) atoms. The van der Waals surface area contributed by atoms with Gasteiger partial charge in [-0.2, -0.15) is 5.10 Å². The maximum atomic E-state index is 13.1. The van der Waals surface area contributed by atoms with E-state index in [4.69, 9.17) is 0 Å². The number of aryl methyl sites for hydroxylation is 5. The number of hydrogen-bond acceptors (Lipinski definition) is 4. The first-order valence-corrected chi connectivity index (χ1v) is 9.48. The number of aromatic nitrogens is 5. The summed E-state index contributed by atoms with van der Waals surface area (Å²) in [4.78, 5) is 22.1. The number of nitrogens with one attached hydrogen (secondary N) is 1. The van der Waals surface area contributed by atoms with E-state index in [1.807, 2.05) is 32.5 Å². The lowest BCUT2D eigenvalue weighted by atomic mass is 10.0. The third-order valence-corrected chi connectivity index (χ3v) is 5.36. The van der Waals surface area contributed by atoms with Gasteiger partial charge < -0.3 is 4.57 Å². The van der Waals surface area contributed by atoms with Crippen molar-refractivity contribution in [3.8, 4) is 11.3 Å². The molecule has 0 unspecified atom stereocenters. The second-order valence-corrected chi connectivity index (χ2v) is 7.50. The van der Waals surface area contributed by atoms with Crippen LogP contribution in [-0.4, -0.2) is 30.2 Å². The highest BCUT2D eigenvalue weighted by molar-refractivity contribution is 6.12. The molecule has 3 aromatic heterocycles. The molecule has 7 heteroatoms. The van der Waals surface area contributed by atoms with Crippen LogP contribution in [-0.2, 0) is 14.1 Å². The van der Waals surface area contributed by atoms with Gasteiger partial charge in [0.15, 0.2) is 5.65 Å². The van der Waals surface area contributed by atoms with Crippen molar-refractivity contribution in [2.75, 3.05) is 5.32 Å². The highest BCUT2D eigenvalue weighted by Crippen LogP contribution is 2.26. The average Bonchev–Trinajstić information content (AvgIpc) is 3.16. The Labute approximate surface area is 169 Å². The number of carbonyl (C=O) groups is 1. The quantitative estimate of drug-likeness (QED) is 0.578. The molecule has 0 aliphatic rings. The molecule has 148 valence electrons. The zero-order valence-corrected chi connectivity index (χ0v) is 17.5. The molecule has 0 fully saturated rings. The van der Waals surface area contributed by atoms with Gasteiger partial charge in [-0.05, 0) is 51.0 Å². The van der Waals surface area contributed by atoms with E-state index in [0.717, 1.165) is 28.0 Å². The first kappa shape index (κ1) is 18.9. The number of hydrogen-bond donors (Lipinski definition) is 1. The van der Waals surface area contributed by atoms with E-state index < -0.39 is 0 Å². The van der Waals surface area contributed by atoms with Gasteiger partial charge in [0.1, 0.15) is 0 Å². The SMILES string of the molecule is Cc1cc(C(=O)Nc2ncc(-c3ccc(C)c(C)c3)n2C)c2c(C)nn(C)c2n1. The van der Waals surface area contributed by atoms with Crippen molar-refractivity contribution in [2.24, 2.45) is 14.1 Å². The summed E-state index contributed by atoms with van der Waals surface area (Å²) in [5.74, 6) is 0.268. The molecule has 4 rings (SSSR count). The number of imidazole rings is 1. The van der Waals surface area contributed by atoms with Gasteiger partial charge in [-0.1, -0.05) is 12.1 Å². The van der Waals surface area contributed by atoms with Crippen LogP contribution in [0.15, 0.2) is 30.5 Å². The largest absolute Gasteiger partial charge is 0.313 e. The summed E-state index contributed by atoms with van der Waals surface area (Å²) in [6, 6.07) is 8.09. The molecule has 1 amide bonds. The smallest absolute Gasteiger partial charge is 0.258 e. The Morgan fingerprint density at radius 2 is 1.79 bits per heavy atom. The monoisotopic (exact) mass is 388 g/mol. The number of fused-ring (bicyclic) bond motifs is 1. The van der Waals surface area contributed by atoms with Crippen molar-refractivity contribution >= 4 is 22.9 Å². The fourth-order valence-corrected chi connectivity index (χ4v) is 3.61. The van der Waals surface area contributed by atoms with E-state index in [9.17, 15) is 4.79 Å². The van der Waals surface area contributed by atoms with Gasteiger partial charge in [-0.25, -0.2) is 9.97 Å². The first-order valence-electron chi connectivity index (χ1n) is 9.48. The number of benzene rings is 1. The summed E-state index contributed by atoms with van der Waals surface area (Å²) < 4.78 is 3.59. The Bertz CT molecular complexity index is 1260. The van der Waals surface area contributed by atoms with Crippen molar-refractivity contribution in [2.45, 2.75) is 27.7 Å². The Morgan fingerprint density at radius 1 is 1.03 bits per heavy atom. The van der Waals surface area contributed by atoms with E-state index in [2.05, 4.69) is 52.4 Å². The van der Waals surface area contributed by atoms with Gasteiger partial charge in [-0.3, -0.25) is 14.8 Å². The summed E-state index contributed by atoms with van der Waals surface area (Å²) in [6.45, 7) is 7.93. The molecule has 0 saturated carbocycles. The van der Waals surface area contributed by atoms with Crippen LogP contribution in [0.4, 0.5) is 5.95 Å². The van der Waals surface area contributed by atoms with Crippen LogP contribution < -0.4 is 5.32 Å². The highest BCUT2D eigenvalue weighted by atomic mass is 16.1. The van der Waals surface area contributed by atoms with E-state index in [1.165, 1.54) is 11.1 Å². The Hall–Kier alpha value is -3.48. The van der Waals surface area contributed by atoms with E-state index in [-0.39, 0.29) is 5.91 Å². The molecule has 1 N–H and O–H groups in total. The zero-order chi connectivity index (χ0) is 20.9. The first-order chi connectivity index (χ1) is 13.8. The lowest BCUT2D eigenvalue weighted by Gasteiger charge is -2.10. The number of pyridine rings is 1. The summed E-state index contributed by atoms with van der Waals surface area (Å²) in [5, 5.41) is 8.12. The third kappa shape index (κ3) is 3.18. The van der Waals surface area contributed by atoms with E-state index in [1.54, 1.807) is 16.9 Å². The summed E-state index contributed by atoms with van der Waals surface area (Å²) >= 11 is 0. The molecule has 0 bridgehead atoms. The van der Waals surface area contributed by atoms with Gasteiger partial charge in [-0.15, -0.1) is 0 Å². The van der Waals surface area contributed by atoms with Crippen molar-refractivity contribution in [3.05, 3.63) is 58.5 Å². The minimum atomic E-state index is -0.225. The Morgan fingerprint density at radius 3 is 2.52 bits per heavy atom. The predicted molar refractivity (Wildman–Crippen MR) is 114 cm³/mol. The molecule has 0 radical (unpaired) electrons. The number of rotatable bonds is 3. The molecule has 0 spiro atoms. The predicted octanol–water partition coefficient (Wildman–Crippen LogP) is 3.85. The van der Waals surface area contributed by atoms with Crippen LogP contribution in [0.5, 0.6) is 0 Å². The number of nitrogens with zero attached hydrogens (tertiary/aromatic N) is 5. The maximum absolute atomic E-state index is 13.1. The van der Waals surface area contributed by atoms with Crippen molar-refractivity contribution in [1.82, 2.24) is 24.3 Å². The number of amides is 1. The zero-order valence-electron chi connectivity index (χ0n) is 17.5. The maximum Gasteiger partial charge on any atom is 0.258 e. The number of anilines is 1. The topological polar surface area (TPSA) is 77.6 Å². The Kier molecular flexibility index (Phi) is 4.45. The molecule has 0 aliphatic heterocycles. The molecule has 4 aromatic rings. The minimum absolute atomic E-state index is 0.225. The summed E-state index contributed by atoms with van der Waals surface area (Å²) in [7, 11) is 3.73. The van der Waals surface area contributed by atoms with Crippen LogP contribution in [0, 0.1) is 27.7 Å². The molecule has 3 heterocycles. The van der Waals surface area contributed by atoms with Crippen LogP contribution in [0.1, 0.15) is 32.9 Å². The molecule has 7 nitrogen and oxygen atoms in total. The standard InChI is InChI=1S/C22H24N6O/c1-12-7-8-16(9-13(12)2)18-11-23-22(27(18)5)25-21(29)17-10-14(3)24-20-19(17)15(4)26-28(20)6/h7-11H,1-6H3,(H,23,25,29). The van der Waals surface area contributed by atoms with Crippen LogP contribution in [0.2, 0.25) is 0 Å². The molecule has 0 atom stereocenters.